The summed E-state index contributed by atoms with van der Waals surface area (Å²) in [5.74, 6) is -1.33. The number of piperidine rings is 1. The number of carbonyl (C=O) groups excluding carboxylic acids is 1. The molecule has 0 spiro atoms. The lowest BCUT2D eigenvalue weighted by atomic mass is 10.0. The fourth-order valence-electron chi connectivity index (χ4n) is 4.04. The van der Waals surface area contributed by atoms with Gasteiger partial charge < -0.3 is 19.9 Å². The predicted molar refractivity (Wildman–Crippen MR) is 119 cm³/mol. The third kappa shape index (κ3) is 7.20. The Morgan fingerprint density at radius 1 is 1.17 bits per heavy atom. The average Bonchev–Trinajstić information content (AvgIpc) is 2.71. The van der Waals surface area contributed by atoms with Crippen molar-refractivity contribution in [2.75, 3.05) is 51.8 Å². The number of hydrogen-bond donors (Lipinski definition) is 1. The van der Waals surface area contributed by atoms with Crippen molar-refractivity contribution in [3.05, 3.63) is 29.3 Å². The van der Waals surface area contributed by atoms with E-state index in [1.54, 1.807) is 14.2 Å². The van der Waals surface area contributed by atoms with Crippen LogP contribution < -0.4 is 10.2 Å². The Labute approximate surface area is 181 Å². The zero-order valence-corrected chi connectivity index (χ0v) is 18.8. The monoisotopic (exact) mass is 427 g/mol. The number of aryl methyl sites for hydroxylation is 1. The summed E-state index contributed by atoms with van der Waals surface area (Å²) >= 11 is 0. The van der Waals surface area contributed by atoms with Crippen LogP contribution in [0.5, 0.6) is 0 Å². The Morgan fingerprint density at radius 3 is 2.43 bits per heavy atom. The highest BCUT2D eigenvalue weighted by molar-refractivity contribution is 5.78. The Morgan fingerprint density at radius 2 is 1.80 bits per heavy atom. The summed E-state index contributed by atoms with van der Waals surface area (Å²) < 4.78 is 31.3. The molecule has 2 aliphatic rings. The molecule has 1 aromatic rings. The van der Waals surface area contributed by atoms with Crippen LogP contribution in [-0.2, 0) is 16.0 Å². The summed E-state index contributed by atoms with van der Waals surface area (Å²) in [4.78, 5) is 16.4. The normalized spacial score (nSPS) is 17.4. The van der Waals surface area contributed by atoms with E-state index in [9.17, 15) is 13.6 Å². The molecule has 1 saturated heterocycles. The van der Waals surface area contributed by atoms with Crippen LogP contribution in [-0.4, -0.2) is 63.8 Å². The summed E-state index contributed by atoms with van der Waals surface area (Å²) in [5.41, 5.74) is 1.78. The van der Waals surface area contributed by atoms with Gasteiger partial charge in [-0.1, -0.05) is 13.8 Å². The van der Waals surface area contributed by atoms with E-state index in [0.717, 1.165) is 76.1 Å². The summed E-state index contributed by atoms with van der Waals surface area (Å²) in [6.45, 7) is 8.61. The topological polar surface area (TPSA) is 44.8 Å². The maximum Gasteiger partial charge on any atom is 0.222 e. The molecular weight excluding hydrogens is 388 g/mol. The summed E-state index contributed by atoms with van der Waals surface area (Å²) in [7, 11) is 3.25. The van der Waals surface area contributed by atoms with Crippen LogP contribution in [0.25, 0.3) is 0 Å². The lowest BCUT2D eigenvalue weighted by molar-refractivity contribution is -0.125. The fourth-order valence-corrected chi connectivity index (χ4v) is 4.04. The first kappa shape index (κ1) is 24.5. The predicted octanol–water partition coefficient (Wildman–Crippen LogP) is 3.85. The number of methoxy groups -OCH3 is 1. The number of anilines is 1. The van der Waals surface area contributed by atoms with E-state index in [2.05, 4.69) is 19.9 Å². The highest BCUT2D eigenvalue weighted by Gasteiger charge is 2.23. The number of nitrogens with one attached hydrogen (secondary N) is 1. The second-order valence-corrected chi connectivity index (χ2v) is 8.53. The molecule has 0 bridgehead atoms. The van der Waals surface area contributed by atoms with E-state index in [-0.39, 0.29) is 13.3 Å². The number of ether oxygens (including phenoxy) is 1. The zero-order valence-electron chi connectivity index (χ0n) is 18.8. The highest BCUT2D eigenvalue weighted by atomic mass is 19.2. The van der Waals surface area contributed by atoms with Crippen LogP contribution in [0.3, 0.4) is 0 Å². The van der Waals surface area contributed by atoms with Gasteiger partial charge in [0.25, 0.3) is 0 Å². The summed E-state index contributed by atoms with van der Waals surface area (Å²) in [6.07, 6.45) is 4.80. The van der Waals surface area contributed by atoms with Crippen molar-refractivity contribution in [1.29, 1.82) is 0 Å². The van der Waals surface area contributed by atoms with E-state index < -0.39 is 11.6 Å². The van der Waals surface area contributed by atoms with Crippen molar-refractivity contribution >= 4 is 11.6 Å². The molecule has 0 unspecified atom stereocenters. The van der Waals surface area contributed by atoms with Gasteiger partial charge in [0.2, 0.25) is 5.91 Å². The minimum Gasteiger partial charge on any atom is -0.388 e. The van der Waals surface area contributed by atoms with Crippen molar-refractivity contribution in [2.24, 2.45) is 5.92 Å². The number of benzene rings is 1. The lowest BCUT2D eigenvalue weighted by Crippen LogP contribution is -2.46. The highest BCUT2D eigenvalue weighted by Crippen LogP contribution is 2.29. The van der Waals surface area contributed by atoms with Gasteiger partial charge in [-0.2, -0.15) is 0 Å². The third-order valence-electron chi connectivity index (χ3n) is 5.70. The molecular formula is C23H39F2N3O2. The van der Waals surface area contributed by atoms with E-state index >= 15 is 0 Å². The largest absolute Gasteiger partial charge is 0.388 e. The third-order valence-corrected chi connectivity index (χ3v) is 5.70. The maximum atomic E-state index is 13.6. The molecule has 1 fully saturated rings. The van der Waals surface area contributed by atoms with Crippen molar-refractivity contribution < 1.29 is 19.7 Å². The standard InChI is InChI=1S/C21H31F2N3O.C2H6O.H2/c1-15(2)21(27)24-17-6-11-25(12-7-17)8-4-10-26-9-3-5-16-13-18(22)19(23)14-20(16)26;1-3-2;/h13-15,17H,3-12H2,1-2H3,(H,24,27);1-2H3;1H. The molecule has 2 aliphatic heterocycles. The molecule has 0 atom stereocenters. The zero-order chi connectivity index (χ0) is 22.1. The molecule has 5 nitrogen and oxygen atoms in total. The molecule has 0 aromatic heterocycles. The SMILES string of the molecule is CC(C)C(=O)NC1CCN(CCCN2CCCc3cc(F)c(F)cc32)CC1.COC.[HH]. The number of fused-ring (bicyclic) bond motifs is 1. The second kappa shape index (κ2) is 12.2. The number of halogens is 2. The first-order chi connectivity index (χ1) is 14.3. The van der Waals surface area contributed by atoms with Gasteiger partial charge in [-0.25, -0.2) is 8.78 Å². The summed E-state index contributed by atoms with van der Waals surface area (Å²) in [5, 5.41) is 3.13. The van der Waals surface area contributed by atoms with E-state index in [4.69, 9.17) is 0 Å². The number of hydrogen-bond acceptors (Lipinski definition) is 4. The number of carbonyl (C=O) groups is 1. The summed E-state index contributed by atoms with van der Waals surface area (Å²) in [6, 6.07) is 3.00. The molecule has 3 rings (SSSR count). The molecule has 172 valence electrons. The van der Waals surface area contributed by atoms with E-state index in [1.165, 1.54) is 12.1 Å². The molecule has 1 aromatic carbocycles. The van der Waals surface area contributed by atoms with E-state index in [0.29, 0.717) is 6.04 Å². The minimum atomic E-state index is -0.758. The van der Waals surface area contributed by atoms with Crippen molar-refractivity contribution in [1.82, 2.24) is 10.2 Å². The van der Waals surface area contributed by atoms with Gasteiger partial charge in [0.05, 0.1) is 0 Å². The molecule has 0 saturated carbocycles. The van der Waals surface area contributed by atoms with Gasteiger partial charge in [-0.3, -0.25) is 4.79 Å². The molecule has 1 amide bonds. The Kier molecular flexibility index (Phi) is 9.98. The molecule has 0 aliphatic carbocycles. The van der Waals surface area contributed by atoms with Crippen LogP contribution in [0.2, 0.25) is 0 Å². The van der Waals surface area contributed by atoms with Gasteiger partial charge in [-0.15, -0.1) is 0 Å². The second-order valence-electron chi connectivity index (χ2n) is 8.53. The van der Waals surface area contributed by atoms with Crippen LogP contribution in [0.1, 0.15) is 46.5 Å². The average molecular weight is 428 g/mol. The van der Waals surface area contributed by atoms with Crippen LogP contribution in [0.4, 0.5) is 14.5 Å². The van der Waals surface area contributed by atoms with Crippen molar-refractivity contribution in [3.63, 3.8) is 0 Å². The van der Waals surface area contributed by atoms with E-state index in [1.807, 2.05) is 13.8 Å². The van der Waals surface area contributed by atoms with Gasteiger partial charge in [-0.05, 0) is 50.3 Å². The molecule has 7 heteroatoms. The van der Waals surface area contributed by atoms with Gasteiger partial charge >= 0.3 is 0 Å². The van der Waals surface area contributed by atoms with Crippen LogP contribution >= 0.6 is 0 Å². The first-order valence-corrected chi connectivity index (χ1v) is 11.0. The molecule has 2 heterocycles. The van der Waals surface area contributed by atoms with Gasteiger partial charge in [0.15, 0.2) is 11.6 Å². The van der Waals surface area contributed by atoms with Crippen molar-refractivity contribution in [3.8, 4) is 0 Å². The van der Waals surface area contributed by atoms with Gasteiger partial charge in [0.1, 0.15) is 0 Å². The van der Waals surface area contributed by atoms with Gasteiger partial charge in [0, 0.05) is 65.5 Å². The Hall–Kier alpha value is -1.73. The smallest absolute Gasteiger partial charge is 0.222 e. The quantitative estimate of drug-likeness (QED) is 0.749. The number of likely N-dealkylation sites (tertiary alicyclic amines) is 1. The molecule has 30 heavy (non-hydrogen) atoms. The van der Waals surface area contributed by atoms with Crippen molar-refractivity contribution in [2.45, 2.75) is 52.0 Å². The fraction of sp³-hybridized carbons (Fsp3) is 0.696. The maximum absolute atomic E-state index is 13.6. The first-order valence-electron chi connectivity index (χ1n) is 11.0. The molecule has 1 N–H and O–H groups in total. The molecule has 0 radical (unpaired) electrons. The lowest BCUT2D eigenvalue weighted by Gasteiger charge is -2.34. The Bertz CT molecular complexity index is 683. The minimum absolute atomic E-state index is 0. The number of amides is 1. The van der Waals surface area contributed by atoms with Crippen LogP contribution in [0.15, 0.2) is 12.1 Å². The number of nitrogens with zero attached hydrogens (tertiary/aromatic N) is 2. The van der Waals surface area contributed by atoms with Crippen LogP contribution in [0, 0.1) is 17.6 Å². The Balaban J connectivity index is 0.00000113. The number of rotatable bonds is 6.